The molecule has 1 fully saturated rings. The summed E-state index contributed by atoms with van der Waals surface area (Å²) in [5, 5.41) is 0. The van der Waals surface area contributed by atoms with Crippen molar-refractivity contribution >= 4 is 0 Å². The van der Waals surface area contributed by atoms with E-state index in [0.29, 0.717) is 36.1 Å². The summed E-state index contributed by atoms with van der Waals surface area (Å²) < 4.78 is 89.8. The van der Waals surface area contributed by atoms with Gasteiger partial charge in [0.25, 0.3) is 0 Å². The minimum atomic E-state index is -4.02. The van der Waals surface area contributed by atoms with Crippen molar-refractivity contribution in [2.75, 3.05) is 0 Å². The van der Waals surface area contributed by atoms with Gasteiger partial charge < -0.3 is 4.74 Å². The van der Waals surface area contributed by atoms with E-state index in [9.17, 15) is 26.3 Å². The van der Waals surface area contributed by atoms with Crippen molar-refractivity contribution in [3.8, 4) is 16.9 Å². The lowest BCUT2D eigenvalue weighted by Gasteiger charge is -2.26. The third-order valence-corrected chi connectivity index (χ3v) is 6.20. The Kier molecular flexibility index (Phi) is 6.41. The van der Waals surface area contributed by atoms with E-state index in [-0.39, 0.29) is 11.3 Å². The van der Waals surface area contributed by atoms with Crippen LogP contribution in [0.25, 0.3) is 11.1 Å². The molecule has 1 aliphatic carbocycles. The highest BCUT2D eigenvalue weighted by atomic mass is 19.3. The Morgan fingerprint density at radius 3 is 1.91 bits per heavy atom. The summed E-state index contributed by atoms with van der Waals surface area (Å²) in [5.41, 5.74) is -1.04. The van der Waals surface area contributed by atoms with E-state index in [1.807, 2.05) is 0 Å². The number of rotatable bonds is 5. The molecule has 0 heterocycles. The predicted octanol–water partition coefficient (Wildman–Crippen LogP) is 8.33. The van der Waals surface area contributed by atoms with Gasteiger partial charge >= 0.3 is 6.11 Å². The summed E-state index contributed by atoms with van der Waals surface area (Å²) in [5.74, 6) is -4.27. The molecular formula is C26H22F6O. The number of halogens is 6. The Morgan fingerprint density at radius 1 is 0.727 bits per heavy atom. The number of hydrogen-bond donors (Lipinski definition) is 0. The van der Waals surface area contributed by atoms with Gasteiger partial charge in [0.1, 0.15) is 17.4 Å². The van der Waals surface area contributed by atoms with Crippen LogP contribution in [-0.4, -0.2) is 0 Å². The van der Waals surface area contributed by atoms with E-state index in [2.05, 4.69) is 6.92 Å². The molecule has 0 amide bonds. The fourth-order valence-electron chi connectivity index (χ4n) is 4.28. The summed E-state index contributed by atoms with van der Waals surface area (Å²) in [6, 6.07) is 9.43. The molecule has 1 aliphatic rings. The smallest absolute Gasteiger partial charge is 0.426 e. The van der Waals surface area contributed by atoms with Crippen LogP contribution in [-0.2, 0) is 6.11 Å². The molecule has 1 saturated carbocycles. The summed E-state index contributed by atoms with van der Waals surface area (Å²) in [6.07, 6.45) is 0.314. The van der Waals surface area contributed by atoms with Crippen molar-refractivity contribution < 1.29 is 31.1 Å². The van der Waals surface area contributed by atoms with Crippen LogP contribution in [0, 0.1) is 29.2 Å². The van der Waals surface area contributed by atoms with Crippen molar-refractivity contribution in [2.45, 2.75) is 44.6 Å². The highest BCUT2D eigenvalue weighted by molar-refractivity contribution is 5.65. The monoisotopic (exact) mass is 464 g/mol. The van der Waals surface area contributed by atoms with Gasteiger partial charge in [-0.25, -0.2) is 17.6 Å². The Labute approximate surface area is 188 Å². The summed E-state index contributed by atoms with van der Waals surface area (Å²) >= 11 is 0. The summed E-state index contributed by atoms with van der Waals surface area (Å²) in [7, 11) is 0. The van der Waals surface area contributed by atoms with E-state index in [0.717, 1.165) is 37.3 Å². The lowest BCUT2D eigenvalue weighted by atomic mass is 9.79. The topological polar surface area (TPSA) is 9.23 Å². The number of ether oxygens (including phenoxy) is 1. The zero-order valence-electron chi connectivity index (χ0n) is 17.9. The fraction of sp³-hybridized carbons (Fsp3) is 0.308. The molecule has 0 saturated heterocycles. The average Bonchev–Trinajstić information content (AvgIpc) is 2.76. The lowest BCUT2D eigenvalue weighted by molar-refractivity contribution is -0.185. The van der Waals surface area contributed by atoms with E-state index in [4.69, 9.17) is 4.74 Å². The second-order valence-corrected chi connectivity index (χ2v) is 8.59. The third-order valence-electron chi connectivity index (χ3n) is 6.20. The van der Waals surface area contributed by atoms with Gasteiger partial charge in [-0.1, -0.05) is 38.0 Å². The van der Waals surface area contributed by atoms with Crippen LogP contribution in [0.1, 0.15) is 49.7 Å². The normalized spacial score (nSPS) is 18.9. The van der Waals surface area contributed by atoms with E-state index >= 15 is 0 Å². The Bertz CT molecular complexity index is 1110. The molecule has 0 unspecified atom stereocenters. The molecule has 0 radical (unpaired) electrons. The molecule has 33 heavy (non-hydrogen) atoms. The second kappa shape index (κ2) is 9.12. The van der Waals surface area contributed by atoms with Crippen LogP contribution in [0.15, 0.2) is 54.6 Å². The molecule has 1 nitrogen and oxygen atoms in total. The predicted molar refractivity (Wildman–Crippen MR) is 113 cm³/mol. The summed E-state index contributed by atoms with van der Waals surface area (Å²) in [6.45, 7) is 2.21. The van der Waals surface area contributed by atoms with Crippen LogP contribution in [0.3, 0.4) is 0 Å². The molecule has 3 aromatic rings. The zero-order chi connectivity index (χ0) is 23.8. The molecule has 3 aromatic carbocycles. The fourth-order valence-corrected chi connectivity index (χ4v) is 4.28. The first-order valence-electron chi connectivity index (χ1n) is 10.8. The molecule has 0 bridgehead atoms. The van der Waals surface area contributed by atoms with Crippen LogP contribution >= 0.6 is 0 Å². The molecule has 4 rings (SSSR count). The van der Waals surface area contributed by atoms with Gasteiger partial charge in [0.15, 0.2) is 11.6 Å². The number of alkyl halides is 2. The van der Waals surface area contributed by atoms with Crippen molar-refractivity contribution in [3.05, 3.63) is 89.0 Å². The molecule has 0 aromatic heterocycles. The zero-order valence-corrected chi connectivity index (χ0v) is 17.9. The number of benzene rings is 3. The van der Waals surface area contributed by atoms with Crippen molar-refractivity contribution in [3.63, 3.8) is 0 Å². The van der Waals surface area contributed by atoms with Crippen molar-refractivity contribution in [1.82, 2.24) is 0 Å². The van der Waals surface area contributed by atoms with Gasteiger partial charge in [-0.3, -0.25) is 0 Å². The van der Waals surface area contributed by atoms with E-state index < -0.39 is 40.5 Å². The molecule has 0 N–H and O–H groups in total. The van der Waals surface area contributed by atoms with Gasteiger partial charge in [-0.2, -0.15) is 8.78 Å². The molecule has 7 heteroatoms. The number of hydrogen-bond acceptors (Lipinski definition) is 1. The standard InChI is InChI=1S/C26H22F6O/c1-15-2-4-16(5-3-15)17-6-9-20(10-7-17)33-26(31,32)19-13-23(29)25(24(30)14-19)18-8-11-21(27)22(28)12-18/h6-16H,2-5H2,1H3. The SMILES string of the molecule is CC1CCC(c2ccc(OC(F)(F)c3cc(F)c(-c4ccc(F)c(F)c4)c(F)c3)cc2)CC1. The second-order valence-electron chi connectivity index (χ2n) is 8.59. The van der Waals surface area contributed by atoms with Gasteiger partial charge in [-0.15, -0.1) is 0 Å². The first-order valence-corrected chi connectivity index (χ1v) is 10.8. The lowest BCUT2D eigenvalue weighted by Crippen LogP contribution is -2.22. The van der Waals surface area contributed by atoms with E-state index in [1.54, 1.807) is 12.1 Å². The van der Waals surface area contributed by atoms with Gasteiger partial charge in [0.05, 0.1) is 11.1 Å². The quantitative estimate of drug-likeness (QED) is 0.345. The maximum Gasteiger partial charge on any atom is 0.426 e. The van der Waals surface area contributed by atoms with Gasteiger partial charge in [-0.05, 0) is 72.2 Å². The van der Waals surface area contributed by atoms with Gasteiger partial charge in [0.2, 0.25) is 0 Å². The van der Waals surface area contributed by atoms with Crippen LogP contribution < -0.4 is 4.74 Å². The minimum absolute atomic E-state index is 0.140. The average molecular weight is 464 g/mol. The van der Waals surface area contributed by atoms with Crippen LogP contribution in [0.2, 0.25) is 0 Å². The van der Waals surface area contributed by atoms with E-state index in [1.165, 1.54) is 12.1 Å². The largest absolute Gasteiger partial charge is 0.429 e. The maximum atomic E-state index is 14.7. The van der Waals surface area contributed by atoms with Crippen molar-refractivity contribution in [1.29, 1.82) is 0 Å². The first-order chi connectivity index (χ1) is 15.6. The Balaban J connectivity index is 1.54. The maximum absolute atomic E-state index is 14.7. The minimum Gasteiger partial charge on any atom is -0.429 e. The van der Waals surface area contributed by atoms with Crippen LogP contribution in [0.4, 0.5) is 26.3 Å². The molecule has 0 spiro atoms. The molecule has 0 aliphatic heterocycles. The molecule has 174 valence electrons. The van der Waals surface area contributed by atoms with Crippen molar-refractivity contribution in [2.24, 2.45) is 5.92 Å². The molecule has 0 atom stereocenters. The molecular weight excluding hydrogens is 442 g/mol. The third kappa shape index (κ3) is 5.02. The van der Waals surface area contributed by atoms with Gasteiger partial charge in [0, 0.05) is 0 Å². The highest BCUT2D eigenvalue weighted by Gasteiger charge is 2.36. The highest BCUT2D eigenvalue weighted by Crippen LogP contribution is 2.38. The Morgan fingerprint density at radius 2 is 1.33 bits per heavy atom. The Hall–Kier alpha value is -2.96. The first kappa shape index (κ1) is 23.2. The van der Waals surface area contributed by atoms with Crippen LogP contribution in [0.5, 0.6) is 5.75 Å². The summed E-state index contributed by atoms with van der Waals surface area (Å²) in [4.78, 5) is 0.